The number of carboxylic acids is 1. The van der Waals surface area contributed by atoms with Crippen LogP contribution in [0.1, 0.15) is 36.0 Å². The standard InChI is InChI=1S/C14H18N2O2/c15-12-10(13(17)18)2-1-3-11(12)16-8-14(6-7-14)9-4-5-9/h1-3,9,16H,4-8,15H2,(H,17,18). The van der Waals surface area contributed by atoms with Crippen molar-refractivity contribution >= 4 is 17.3 Å². The van der Waals surface area contributed by atoms with E-state index in [1.54, 1.807) is 6.07 Å². The van der Waals surface area contributed by atoms with Crippen molar-refractivity contribution in [3.05, 3.63) is 23.8 Å². The van der Waals surface area contributed by atoms with Crippen LogP contribution in [0.4, 0.5) is 11.4 Å². The molecule has 4 N–H and O–H groups in total. The maximum absolute atomic E-state index is 11.0. The van der Waals surface area contributed by atoms with E-state index in [0.717, 1.165) is 18.2 Å². The van der Waals surface area contributed by atoms with Crippen molar-refractivity contribution in [2.75, 3.05) is 17.6 Å². The van der Waals surface area contributed by atoms with Gasteiger partial charge in [-0.25, -0.2) is 4.79 Å². The lowest BCUT2D eigenvalue weighted by Gasteiger charge is -2.17. The Balaban J connectivity index is 1.72. The Bertz CT molecular complexity index is 491. The van der Waals surface area contributed by atoms with Crippen LogP contribution in [-0.4, -0.2) is 17.6 Å². The number of hydrogen-bond donors (Lipinski definition) is 3. The Morgan fingerprint density at radius 3 is 2.72 bits per heavy atom. The molecule has 0 atom stereocenters. The van der Waals surface area contributed by atoms with Crippen molar-refractivity contribution in [1.82, 2.24) is 0 Å². The van der Waals surface area contributed by atoms with Crippen LogP contribution >= 0.6 is 0 Å². The van der Waals surface area contributed by atoms with E-state index >= 15 is 0 Å². The van der Waals surface area contributed by atoms with Crippen molar-refractivity contribution < 1.29 is 9.90 Å². The minimum absolute atomic E-state index is 0.177. The number of nitrogens with two attached hydrogens (primary N) is 1. The molecule has 0 heterocycles. The highest BCUT2D eigenvalue weighted by Gasteiger charge is 2.53. The van der Waals surface area contributed by atoms with Gasteiger partial charge in [-0.1, -0.05) is 6.07 Å². The molecule has 1 aromatic carbocycles. The van der Waals surface area contributed by atoms with Gasteiger partial charge in [0.2, 0.25) is 0 Å². The maximum Gasteiger partial charge on any atom is 0.337 e. The first-order valence-corrected chi connectivity index (χ1v) is 6.48. The highest BCUT2D eigenvalue weighted by atomic mass is 16.4. The van der Waals surface area contributed by atoms with Gasteiger partial charge in [0.05, 0.1) is 16.9 Å². The lowest BCUT2D eigenvalue weighted by molar-refractivity contribution is 0.0698. The van der Waals surface area contributed by atoms with Gasteiger partial charge in [-0.05, 0) is 49.1 Å². The summed E-state index contributed by atoms with van der Waals surface area (Å²) in [4.78, 5) is 11.0. The van der Waals surface area contributed by atoms with Crippen molar-refractivity contribution in [1.29, 1.82) is 0 Å². The van der Waals surface area contributed by atoms with Crippen molar-refractivity contribution in [2.45, 2.75) is 25.7 Å². The van der Waals surface area contributed by atoms with E-state index in [1.165, 1.54) is 31.7 Å². The van der Waals surface area contributed by atoms with Gasteiger partial charge in [-0.2, -0.15) is 0 Å². The molecule has 18 heavy (non-hydrogen) atoms. The number of carbonyl (C=O) groups is 1. The number of aromatic carboxylic acids is 1. The van der Waals surface area contributed by atoms with Gasteiger partial charge in [-0.15, -0.1) is 0 Å². The van der Waals surface area contributed by atoms with E-state index in [2.05, 4.69) is 5.32 Å². The monoisotopic (exact) mass is 246 g/mol. The average molecular weight is 246 g/mol. The quantitative estimate of drug-likeness (QED) is 0.698. The van der Waals surface area contributed by atoms with Crippen LogP contribution in [0, 0.1) is 11.3 Å². The lowest BCUT2D eigenvalue weighted by atomic mass is 10.0. The molecule has 2 aliphatic carbocycles. The van der Waals surface area contributed by atoms with Crippen molar-refractivity contribution in [3.8, 4) is 0 Å². The molecule has 4 heteroatoms. The second-order valence-corrected chi connectivity index (χ2v) is 5.56. The molecule has 0 radical (unpaired) electrons. The Morgan fingerprint density at radius 2 is 2.17 bits per heavy atom. The first-order valence-electron chi connectivity index (χ1n) is 6.48. The third kappa shape index (κ3) is 1.92. The zero-order chi connectivity index (χ0) is 12.8. The summed E-state index contributed by atoms with van der Waals surface area (Å²) in [6, 6.07) is 5.13. The molecule has 0 aromatic heterocycles. The van der Waals surface area contributed by atoms with E-state index in [0.29, 0.717) is 11.1 Å². The summed E-state index contributed by atoms with van der Waals surface area (Å²) >= 11 is 0. The van der Waals surface area contributed by atoms with E-state index in [-0.39, 0.29) is 5.56 Å². The molecule has 2 saturated carbocycles. The third-order valence-electron chi connectivity index (χ3n) is 4.30. The first-order chi connectivity index (χ1) is 8.62. The van der Waals surface area contributed by atoms with Crippen LogP contribution in [-0.2, 0) is 0 Å². The molecule has 0 aliphatic heterocycles. The van der Waals surface area contributed by atoms with E-state index < -0.39 is 5.97 Å². The van der Waals surface area contributed by atoms with E-state index in [4.69, 9.17) is 10.8 Å². The Morgan fingerprint density at radius 1 is 1.44 bits per heavy atom. The average Bonchev–Trinajstić information content (AvgIpc) is 3.19. The number of nitrogen functional groups attached to an aromatic ring is 1. The predicted molar refractivity (Wildman–Crippen MR) is 70.7 cm³/mol. The molecular weight excluding hydrogens is 228 g/mol. The Kier molecular flexibility index (Phi) is 2.47. The van der Waals surface area contributed by atoms with Crippen LogP contribution in [0.2, 0.25) is 0 Å². The van der Waals surface area contributed by atoms with Gasteiger partial charge in [0.25, 0.3) is 0 Å². The third-order valence-corrected chi connectivity index (χ3v) is 4.30. The molecule has 0 spiro atoms. The normalized spacial score (nSPS) is 20.4. The molecule has 0 bridgehead atoms. The van der Waals surface area contributed by atoms with Crippen LogP contribution in [0.25, 0.3) is 0 Å². The van der Waals surface area contributed by atoms with Gasteiger partial charge in [0, 0.05) is 6.54 Å². The fourth-order valence-corrected chi connectivity index (χ4v) is 2.76. The molecular formula is C14H18N2O2. The van der Waals surface area contributed by atoms with Crippen molar-refractivity contribution in [3.63, 3.8) is 0 Å². The summed E-state index contributed by atoms with van der Waals surface area (Å²) in [5, 5.41) is 12.4. The Hall–Kier alpha value is -1.71. The largest absolute Gasteiger partial charge is 0.478 e. The smallest absolute Gasteiger partial charge is 0.337 e. The van der Waals surface area contributed by atoms with Crippen LogP contribution in [0.3, 0.4) is 0 Å². The molecule has 0 unspecified atom stereocenters. The maximum atomic E-state index is 11.0. The summed E-state index contributed by atoms with van der Waals surface area (Å²) in [7, 11) is 0. The first kappa shape index (κ1) is 11.4. The minimum atomic E-state index is -0.973. The molecule has 0 amide bonds. The fourth-order valence-electron chi connectivity index (χ4n) is 2.76. The van der Waals surface area contributed by atoms with Crippen molar-refractivity contribution in [2.24, 2.45) is 11.3 Å². The van der Waals surface area contributed by atoms with Gasteiger partial charge in [-0.3, -0.25) is 0 Å². The number of nitrogens with one attached hydrogen (secondary N) is 1. The van der Waals surface area contributed by atoms with Gasteiger partial charge >= 0.3 is 5.97 Å². The molecule has 96 valence electrons. The summed E-state index contributed by atoms with van der Waals surface area (Å²) in [6.07, 6.45) is 5.30. The number of anilines is 2. The van der Waals surface area contributed by atoms with E-state index in [1.807, 2.05) is 6.07 Å². The molecule has 2 fully saturated rings. The molecule has 0 saturated heterocycles. The zero-order valence-corrected chi connectivity index (χ0v) is 10.3. The highest BCUT2D eigenvalue weighted by Crippen LogP contribution is 2.61. The highest BCUT2D eigenvalue weighted by molar-refractivity contribution is 5.97. The number of hydrogen-bond acceptors (Lipinski definition) is 3. The SMILES string of the molecule is Nc1c(NCC2(C3CC3)CC2)cccc1C(=O)O. The topological polar surface area (TPSA) is 75.3 Å². The van der Waals surface area contributed by atoms with Crippen LogP contribution in [0.5, 0.6) is 0 Å². The van der Waals surface area contributed by atoms with Gasteiger partial charge in [0.1, 0.15) is 0 Å². The summed E-state index contributed by atoms with van der Waals surface area (Å²) in [5.41, 5.74) is 7.63. The zero-order valence-electron chi connectivity index (χ0n) is 10.3. The Labute approximate surface area is 106 Å². The molecule has 2 aliphatic rings. The molecule has 3 rings (SSSR count). The number of para-hydroxylation sites is 1. The predicted octanol–water partition coefficient (Wildman–Crippen LogP) is 2.57. The van der Waals surface area contributed by atoms with Gasteiger partial charge < -0.3 is 16.2 Å². The second kappa shape index (κ2) is 3.90. The fraction of sp³-hybridized carbons (Fsp3) is 0.500. The summed E-state index contributed by atoms with van der Waals surface area (Å²) in [5.74, 6) is -0.0895. The number of benzene rings is 1. The molecule has 4 nitrogen and oxygen atoms in total. The van der Waals surface area contributed by atoms with E-state index in [9.17, 15) is 4.79 Å². The van der Waals surface area contributed by atoms with Crippen LogP contribution in [0.15, 0.2) is 18.2 Å². The summed E-state index contributed by atoms with van der Waals surface area (Å²) < 4.78 is 0. The summed E-state index contributed by atoms with van der Waals surface area (Å²) in [6.45, 7) is 0.922. The number of rotatable bonds is 5. The lowest BCUT2D eigenvalue weighted by Crippen LogP contribution is -2.18. The number of carboxylic acid groups (broad SMARTS) is 1. The van der Waals surface area contributed by atoms with Gasteiger partial charge in [0.15, 0.2) is 0 Å². The molecule has 1 aromatic rings. The minimum Gasteiger partial charge on any atom is -0.478 e. The van der Waals surface area contributed by atoms with Crippen LogP contribution < -0.4 is 11.1 Å². The second-order valence-electron chi connectivity index (χ2n) is 5.56.